The maximum absolute atomic E-state index is 12.7. The van der Waals surface area contributed by atoms with Crippen molar-refractivity contribution in [1.82, 2.24) is 15.0 Å². The molecule has 8 heteroatoms. The van der Waals surface area contributed by atoms with Gasteiger partial charge in [0.25, 0.3) is 5.56 Å². The van der Waals surface area contributed by atoms with Gasteiger partial charge in [-0.05, 0) is 42.7 Å². The van der Waals surface area contributed by atoms with E-state index in [1.54, 1.807) is 30.5 Å². The molecule has 0 radical (unpaired) electrons. The van der Waals surface area contributed by atoms with Crippen molar-refractivity contribution in [2.45, 2.75) is 19.4 Å². The van der Waals surface area contributed by atoms with Crippen molar-refractivity contribution in [2.24, 2.45) is 0 Å². The second kappa shape index (κ2) is 8.64. The third kappa shape index (κ3) is 4.17. The number of aliphatic hydroxyl groups excluding tert-OH is 1. The number of nitrogens with zero attached hydrogens (tertiary/aromatic N) is 2. The number of nitrogens with one attached hydrogen (secondary N) is 3. The molecule has 0 aliphatic heterocycles. The summed E-state index contributed by atoms with van der Waals surface area (Å²) in [4.78, 5) is 26.7. The van der Waals surface area contributed by atoms with E-state index in [4.69, 9.17) is 18.2 Å². The topological polar surface area (TPSA) is 98.2 Å². The largest absolute Gasteiger partial charge is 0.394 e. The third-order valence-corrected chi connectivity index (χ3v) is 5.46. The molecular formula is C23H20ClN5O2. The summed E-state index contributed by atoms with van der Waals surface area (Å²) in [5.41, 5.74) is 4.18. The van der Waals surface area contributed by atoms with E-state index in [-0.39, 0.29) is 18.2 Å². The number of fused-ring (bicyclic) bond motifs is 1. The van der Waals surface area contributed by atoms with E-state index in [0.29, 0.717) is 45.2 Å². The Bertz CT molecular complexity index is 1350. The molecule has 2 heterocycles. The molecule has 1 unspecified atom stereocenters. The van der Waals surface area contributed by atoms with Crippen LogP contribution in [0.15, 0.2) is 53.5 Å². The van der Waals surface area contributed by atoms with Gasteiger partial charge < -0.3 is 20.4 Å². The lowest BCUT2D eigenvalue weighted by molar-refractivity contribution is 0.274. The molecule has 4 N–H and O–H groups in total. The zero-order valence-corrected chi connectivity index (χ0v) is 17.5. The van der Waals surface area contributed by atoms with Gasteiger partial charge in [-0.25, -0.2) is 9.83 Å². The normalized spacial score (nSPS) is 11.9. The lowest BCUT2D eigenvalue weighted by atomic mass is 10.1. The second-order valence-electron chi connectivity index (χ2n) is 7.27. The quantitative estimate of drug-likeness (QED) is 0.338. The number of H-pyrrole nitrogens is 2. The van der Waals surface area contributed by atoms with Crippen LogP contribution >= 0.6 is 11.6 Å². The highest BCUT2D eigenvalue weighted by Gasteiger charge is 2.18. The first-order valence-electron chi connectivity index (χ1n) is 9.71. The number of pyridine rings is 1. The Labute approximate surface area is 183 Å². The molecule has 0 amide bonds. The molecule has 0 aliphatic carbocycles. The van der Waals surface area contributed by atoms with Crippen molar-refractivity contribution in [3.63, 3.8) is 0 Å². The minimum Gasteiger partial charge on any atom is -0.394 e. The lowest BCUT2D eigenvalue weighted by Gasteiger charge is -2.19. The standard InChI is InChI=1S/C23H20ClN5O2/c1-13-9-15(25-2)11-19-21(13)29-22(28-19)20-18(7-8-26-23(20)31)27-16(12-30)10-14-5-3-4-6-17(14)24/h3-9,11,16,30H,10,12H2,1H3,(H,28,29)(H2,26,27,31). The number of halogens is 1. The fraction of sp³-hybridized carbons (Fsp3) is 0.174. The van der Waals surface area contributed by atoms with E-state index in [2.05, 4.69) is 25.1 Å². The van der Waals surface area contributed by atoms with Crippen LogP contribution in [0.3, 0.4) is 0 Å². The summed E-state index contributed by atoms with van der Waals surface area (Å²) in [6.07, 6.45) is 2.03. The highest BCUT2D eigenvalue weighted by molar-refractivity contribution is 6.31. The molecule has 31 heavy (non-hydrogen) atoms. The van der Waals surface area contributed by atoms with Crippen LogP contribution in [0.2, 0.25) is 5.02 Å². The number of aryl methyl sites for hydroxylation is 1. The summed E-state index contributed by atoms with van der Waals surface area (Å²) < 4.78 is 0. The van der Waals surface area contributed by atoms with E-state index in [1.165, 1.54) is 0 Å². The number of rotatable bonds is 6. The Kier molecular flexibility index (Phi) is 5.76. The predicted molar refractivity (Wildman–Crippen MR) is 123 cm³/mol. The Morgan fingerprint density at radius 3 is 2.84 bits per heavy atom. The molecule has 0 fully saturated rings. The molecule has 2 aromatic heterocycles. The van der Waals surface area contributed by atoms with Crippen LogP contribution in [0.5, 0.6) is 0 Å². The number of aliphatic hydroxyl groups is 1. The number of benzene rings is 2. The number of aromatic nitrogens is 3. The highest BCUT2D eigenvalue weighted by atomic mass is 35.5. The van der Waals surface area contributed by atoms with Crippen molar-refractivity contribution < 1.29 is 5.11 Å². The Hall–Kier alpha value is -3.60. The van der Waals surface area contributed by atoms with Gasteiger partial charge in [-0.1, -0.05) is 35.9 Å². The summed E-state index contributed by atoms with van der Waals surface area (Å²) in [7, 11) is 0. The van der Waals surface area contributed by atoms with Crippen LogP contribution in [0.1, 0.15) is 11.1 Å². The summed E-state index contributed by atoms with van der Waals surface area (Å²) in [5.74, 6) is 0.388. The van der Waals surface area contributed by atoms with Crippen molar-refractivity contribution in [3.05, 3.63) is 86.6 Å². The van der Waals surface area contributed by atoms with Crippen LogP contribution in [-0.2, 0) is 6.42 Å². The average Bonchev–Trinajstić information content (AvgIpc) is 3.19. The predicted octanol–water partition coefficient (Wildman–Crippen LogP) is 4.45. The van der Waals surface area contributed by atoms with Gasteiger partial charge in [-0.2, -0.15) is 0 Å². The fourth-order valence-corrected chi connectivity index (χ4v) is 3.81. The van der Waals surface area contributed by atoms with Crippen LogP contribution in [0, 0.1) is 13.5 Å². The average molecular weight is 434 g/mol. The van der Waals surface area contributed by atoms with Gasteiger partial charge in [-0.3, -0.25) is 4.79 Å². The van der Waals surface area contributed by atoms with E-state index >= 15 is 0 Å². The highest BCUT2D eigenvalue weighted by Crippen LogP contribution is 2.29. The third-order valence-electron chi connectivity index (χ3n) is 5.09. The van der Waals surface area contributed by atoms with Crippen molar-refractivity contribution in [3.8, 4) is 11.4 Å². The van der Waals surface area contributed by atoms with Gasteiger partial charge in [0, 0.05) is 11.2 Å². The SMILES string of the molecule is [C-]#[N+]c1cc(C)c2nc(-c3c(NC(CO)Cc4ccccc4Cl)cc[nH]c3=O)[nH]c2c1. The molecular weight excluding hydrogens is 414 g/mol. The summed E-state index contributed by atoms with van der Waals surface area (Å²) in [5, 5.41) is 13.8. The van der Waals surface area contributed by atoms with Crippen molar-refractivity contribution in [2.75, 3.05) is 11.9 Å². The minimum atomic E-state index is -0.361. The smallest absolute Gasteiger partial charge is 0.261 e. The molecule has 156 valence electrons. The van der Waals surface area contributed by atoms with Crippen LogP contribution < -0.4 is 10.9 Å². The minimum absolute atomic E-state index is 0.148. The van der Waals surface area contributed by atoms with E-state index in [9.17, 15) is 9.90 Å². The maximum atomic E-state index is 12.7. The van der Waals surface area contributed by atoms with Gasteiger partial charge in [0.05, 0.1) is 35.9 Å². The van der Waals surface area contributed by atoms with Gasteiger partial charge in [0.2, 0.25) is 0 Å². The van der Waals surface area contributed by atoms with Gasteiger partial charge in [0.1, 0.15) is 11.4 Å². The van der Waals surface area contributed by atoms with Gasteiger partial charge >= 0.3 is 0 Å². The monoisotopic (exact) mass is 433 g/mol. The maximum Gasteiger partial charge on any atom is 0.261 e. The molecule has 0 saturated heterocycles. The summed E-state index contributed by atoms with van der Waals surface area (Å²) in [6.45, 7) is 8.98. The summed E-state index contributed by atoms with van der Waals surface area (Å²) in [6, 6.07) is 12.3. The van der Waals surface area contributed by atoms with E-state index in [1.807, 2.05) is 25.1 Å². The summed E-state index contributed by atoms with van der Waals surface area (Å²) >= 11 is 6.26. The fourth-order valence-electron chi connectivity index (χ4n) is 3.60. The lowest BCUT2D eigenvalue weighted by Crippen LogP contribution is -2.28. The second-order valence-corrected chi connectivity index (χ2v) is 7.68. The first kappa shape index (κ1) is 20.7. The molecule has 2 aromatic carbocycles. The molecule has 0 aliphatic rings. The molecule has 7 nitrogen and oxygen atoms in total. The van der Waals surface area contributed by atoms with Crippen LogP contribution in [-0.4, -0.2) is 32.7 Å². The number of aromatic amines is 2. The van der Waals surface area contributed by atoms with E-state index < -0.39 is 0 Å². The van der Waals surface area contributed by atoms with Gasteiger partial charge in [-0.15, -0.1) is 0 Å². The Balaban J connectivity index is 1.73. The molecule has 4 aromatic rings. The number of imidazole rings is 1. The first-order chi connectivity index (χ1) is 15.0. The van der Waals surface area contributed by atoms with Crippen LogP contribution in [0.4, 0.5) is 11.4 Å². The Morgan fingerprint density at radius 2 is 2.10 bits per heavy atom. The molecule has 4 rings (SSSR count). The number of hydrogen-bond donors (Lipinski definition) is 4. The number of hydrogen-bond acceptors (Lipinski definition) is 4. The van der Waals surface area contributed by atoms with Crippen molar-refractivity contribution >= 4 is 34.0 Å². The zero-order valence-electron chi connectivity index (χ0n) is 16.7. The number of anilines is 1. The zero-order chi connectivity index (χ0) is 22.0. The molecule has 0 spiro atoms. The van der Waals surface area contributed by atoms with Crippen LogP contribution in [0.25, 0.3) is 27.3 Å². The first-order valence-corrected chi connectivity index (χ1v) is 10.1. The van der Waals surface area contributed by atoms with E-state index in [0.717, 1.165) is 11.1 Å². The molecule has 0 bridgehead atoms. The van der Waals surface area contributed by atoms with Crippen molar-refractivity contribution in [1.29, 1.82) is 0 Å². The molecule has 1 atom stereocenters. The molecule has 0 saturated carbocycles. The Morgan fingerprint density at radius 1 is 1.29 bits per heavy atom. The van der Waals surface area contributed by atoms with Gasteiger partial charge in [0.15, 0.2) is 5.69 Å².